The Morgan fingerprint density at radius 3 is 2.91 bits per heavy atom. The van der Waals surface area contributed by atoms with Crippen molar-refractivity contribution in [2.75, 3.05) is 17.6 Å². The fourth-order valence-electron chi connectivity index (χ4n) is 3.08. The number of fused-ring (bicyclic) bond motifs is 2. The van der Waals surface area contributed by atoms with E-state index in [1.807, 2.05) is 19.9 Å². The van der Waals surface area contributed by atoms with Gasteiger partial charge >= 0.3 is 0 Å². The molecule has 3 N–H and O–H groups in total. The van der Waals surface area contributed by atoms with Crippen LogP contribution in [-0.4, -0.2) is 26.3 Å². The second kappa shape index (κ2) is 4.91. The first kappa shape index (κ1) is 13.9. The molecule has 0 amide bonds. The van der Waals surface area contributed by atoms with Crippen LogP contribution in [0.1, 0.15) is 25.5 Å². The number of rotatable bonds is 2. The van der Waals surface area contributed by atoms with Gasteiger partial charge in [0, 0.05) is 29.4 Å². The van der Waals surface area contributed by atoms with Crippen molar-refractivity contribution in [3.8, 4) is 11.3 Å². The van der Waals surface area contributed by atoms with Crippen LogP contribution >= 0.6 is 0 Å². The first-order valence-electron chi connectivity index (χ1n) is 7.62. The van der Waals surface area contributed by atoms with E-state index in [2.05, 4.69) is 20.4 Å². The van der Waals surface area contributed by atoms with Crippen LogP contribution in [0.5, 0.6) is 0 Å². The summed E-state index contributed by atoms with van der Waals surface area (Å²) in [6.07, 6.45) is 2.08. The normalized spacial score (nSPS) is 13.6. The summed E-state index contributed by atoms with van der Waals surface area (Å²) in [5, 5.41) is 8.36. The molecule has 23 heavy (non-hydrogen) atoms. The smallest absolute Gasteiger partial charge is 0.164 e. The van der Waals surface area contributed by atoms with Crippen molar-refractivity contribution in [2.45, 2.75) is 26.3 Å². The molecule has 0 atom stereocenters. The van der Waals surface area contributed by atoms with Gasteiger partial charge in [-0.25, -0.2) is 19.0 Å². The molecule has 0 bridgehead atoms. The number of benzene rings is 1. The molecule has 6 nitrogen and oxygen atoms in total. The molecule has 7 heteroatoms. The van der Waals surface area contributed by atoms with E-state index in [-0.39, 0.29) is 11.9 Å². The number of nitrogen functional groups attached to an aromatic ring is 1. The van der Waals surface area contributed by atoms with Gasteiger partial charge in [0.1, 0.15) is 23.7 Å². The largest absolute Gasteiger partial charge is 0.384 e. The summed E-state index contributed by atoms with van der Waals surface area (Å²) in [4.78, 5) is 8.33. The molecule has 0 saturated carbocycles. The number of anilines is 2. The molecule has 1 aliphatic heterocycles. The maximum atomic E-state index is 15.0. The molecule has 1 aromatic carbocycles. The molecule has 0 radical (unpaired) electrons. The molecular formula is C16H17FN6. The minimum Gasteiger partial charge on any atom is -0.384 e. The van der Waals surface area contributed by atoms with Gasteiger partial charge in [0.15, 0.2) is 5.65 Å². The highest BCUT2D eigenvalue weighted by atomic mass is 19.1. The van der Waals surface area contributed by atoms with Crippen LogP contribution in [0, 0.1) is 5.82 Å². The van der Waals surface area contributed by atoms with Gasteiger partial charge in [-0.05, 0) is 32.4 Å². The lowest BCUT2D eigenvalue weighted by atomic mass is 10.0. The van der Waals surface area contributed by atoms with Crippen LogP contribution in [-0.2, 0) is 6.42 Å². The third-order valence-electron chi connectivity index (χ3n) is 4.20. The van der Waals surface area contributed by atoms with E-state index in [4.69, 9.17) is 5.73 Å². The fraction of sp³-hybridized carbons (Fsp3) is 0.312. The van der Waals surface area contributed by atoms with Gasteiger partial charge in [-0.1, -0.05) is 0 Å². The van der Waals surface area contributed by atoms with Crippen molar-refractivity contribution in [2.24, 2.45) is 0 Å². The predicted molar refractivity (Wildman–Crippen MR) is 87.7 cm³/mol. The van der Waals surface area contributed by atoms with Crippen LogP contribution in [0.15, 0.2) is 18.5 Å². The number of nitrogens with two attached hydrogens (primary N) is 1. The van der Waals surface area contributed by atoms with Gasteiger partial charge in [0.05, 0.1) is 5.39 Å². The van der Waals surface area contributed by atoms with Crippen molar-refractivity contribution >= 4 is 22.5 Å². The monoisotopic (exact) mass is 312 g/mol. The zero-order valence-electron chi connectivity index (χ0n) is 13.0. The minimum absolute atomic E-state index is 0.0831. The lowest BCUT2D eigenvalue weighted by Gasteiger charge is -2.07. The molecule has 3 aromatic rings. The highest BCUT2D eigenvalue weighted by Crippen LogP contribution is 2.36. The lowest BCUT2D eigenvalue weighted by Crippen LogP contribution is -2.04. The average Bonchev–Trinajstić information content (AvgIpc) is 3.13. The number of aromatic nitrogens is 4. The van der Waals surface area contributed by atoms with Gasteiger partial charge < -0.3 is 11.1 Å². The Morgan fingerprint density at radius 1 is 1.30 bits per heavy atom. The second-order valence-electron chi connectivity index (χ2n) is 5.97. The average molecular weight is 312 g/mol. The Kier molecular flexibility index (Phi) is 2.97. The molecule has 4 rings (SSSR count). The van der Waals surface area contributed by atoms with E-state index in [1.54, 1.807) is 10.7 Å². The Labute approximate surface area is 132 Å². The van der Waals surface area contributed by atoms with Crippen LogP contribution in [0.3, 0.4) is 0 Å². The molecular weight excluding hydrogens is 295 g/mol. The maximum Gasteiger partial charge on any atom is 0.164 e. The standard InChI is InChI=1S/C16H17FN6/c1-8(2)23-16-12(15(18)20-7-21-16)14(22-23)10-3-4-11-9(13(10)17)5-6-19-11/h3-4,7-8,19H,5-6H2,1-2H3,(H2,18,20,21). The van der Waals surface area contributed by atoms with Crippen molar-refractivity contribution in [3.05, 3.63) is 29.8 Å². The van der Waals surface area contributed by atoms with Crippen molar-refractivity contribution < 1.29 is 4.39 Å². The molecule has 0 unspecified atom stereocenters. The van der Waals surface area contributed by atoms with Gasteiger partial charge in [-0.3, -0.25) is 0 Å². The molecule has 3 heterocycles. The third-order valence-corrected chi connectivity index (χ3v) is 4.20. The summed E-state index contributed by atoms with van der Waals surface area (Å²) >= 11 is 0. The quantitative estimate of drug-likeness (QED) is 0.760. The van der Waals surface area contributed by atoms with E-state index >= 15 is 0 Å². The summed E-state index contributed by atoms with van der Waals surface area (Å²) in [7, 11) is 0. The number of hydrogen-bond donors (Lipinski definition) is 2. The van der Waals surface area contributed by atoms with Crippen LogP contribution in [0.4, 0.5) is 15.9 Å². The zero-order valence-corrected chi connectivity index (χ0v) is 13.0. The maximum absolute atomic E-state index is 15.0. The molecule has 118 valence electrons. The Bertz CT molecular complexity index is 915. The SMILES string of the molecule is CC(C)n1nc(-c2ccc3c(c2F)CCN3)c2c(N)ncnc21. The molecule has 2 aromatic heterocycles. The Hall–Kier alpha value is -2.70. The minimum atomic E-state index is -0.244. The lowest BCUT2D eigenvalue weighted by molar-refractivity contribution is 0.546. The van der Waals surface area contributed by atoms with Crippen molar-refractivity contribution in [1.29, 1.82) is 0 Å². The number of halogens is 1. The highest BCUT2D eigenvalue weighted by molar-refractivity contribution is 5.98. The van der Waals surface area contributed by atoms with Gasteiger partial charge in [0.2, 0.25) is 0 Å². The van der Waals surface area contributed by atoms with Crippen molar-refractivity contribution in [3.63, 3.8) is 0 Å². The van der Waals surface area contributed by atoms with E-state index in [0.717, 1.165) is 12.2 Å². The summed E-state index contributed by atoms with van der Waals surface area (Å²) in [5.74, 6) is 0.0704. The Morgan fingerprint density at radius 2 is 2.13 bits per heavy atom. The van der Waals surface area contributed by atoms with Gasteiger partial charge in [-0.2, -0.15) is 5.10 Å². The number of nitrogens with zero attached hydrogens (tertiary/aromatic N) is 4. The zero-order chi connectivity index (χ0) is 16.1. The van der Waals surface area contributed by atoms with E-state index in [0.29, 0.717) is 40.1 Å². The molecule has 0 spiro atoms. The summed E-state index contributed by atoms with van der Waals surface area (Å²) in [6, 6.07) is 3.71. The highest BCUT2D eigenvalue weighted by Gasteiger charge is 2.24. The van der Waals surface area contributed by atoms with Crippen LogP contribution < -0.4 is 11.1 Å². The van der Waals surface area contributed by atoms with Crippen molar-refractivity contribution in [1.82, 2.24) is 19.7 Å². The molecule has 1 aliphatic rings. The Balaban J connectivity index is 2.04. The number of nitrogens with one attached hydrogen (secondary N) is 1. The summed E-state index contributed by atoms with van der Waals surface area (Å²) in [5.41, 5.74) is 9.15. The van der Waals surface area contributed by atoms with Gasteiger partial charge in [0.25, 0.3) is 0 Å². The van der Waals surface area contributed by atoms with Crippen LogP contribution in [0.25, 0.3) is 22.3 Å². The van der Waals surface area contributed by atoms with E-state index in [9.17, 15) is 4.39 Å². The topological polar surface area (TPSA) is 81.7 Å². The van der Waals surface area contributed by atoms with Crippen LogP contribution in [0.2, 0.25) is 0 Å². The molecule has 0 saturated heterocycles. The van der Waals surface area contributed by atoms with Gasteiger partial charge in [-0.15, -0.1) is 0 Å². The second-order valence-corrected chi connectivity index (χ2v) is 5.97. The molecule has 0 fully saturated rings. The first-order valence-corrected chi connectivity index (χ1v) is 7.62. The first-order chi connectivity index (χ1) is 11.1. The summed E-state index contributed by atoms with van der Waals surface area (Å²) < 4.78 is 16.7. The third kappa shape index (κ3) is 1.96. The number of hydrogen-bond acceptors (Lipinski definition) is 5. The summed E-state index contributed by atoms with van der Waals surface area (Å²) in [6.45, 7) is 4.75. The van der Waals surface area contributed by atoms with E-state index < -0.39 is 0 Å². The molecule has 0 aliphatic carbocycles. The van der Waals surface area contributed by atoms with E-state index in [1.165, 1.54) is 6.33 Å². The predicted octanol–water partition coefficient (Wildman–Crippen LogP) is 2.76. The fourth-order valence-corrected chi connectivity index (χ4v) is 3.08.